The molecule has 0 bridgehead atoms. The van der Waals surface area contributed by atoms with Crippen molar-refractivity contribution in [3.63, 3.8) is 0 Å². The molecule has 0 aromatic heterocycles. The van der Waals surface area contributed by atoms with Crippen LogP contribution in [0.3, 0.4) is 0 Å². The van der Waals surface area contributed by atoms with Crippen LogP contribution in [0.1, 0.15) is 53.9 Å². The fourth-order valence-corrected chi connectivity index (χ4v) is 5.15. The van der Waals surface area contributed by atoms with Crippen molar-refractivity contribution in [3.05, 3.63) is 0 Å². The van der Waals surface area contributed by atoms with Gasteiger partial charge in [0.2, 0.25) is 0 Å². The number of rotatable bonds is 6. The van der Waals surface area contributed by atoms with Crippen LogP contribution in [-0.4, -0.2) is 29.1 Å². The van der Waals surface area contributed by atoms with Crippen LogP contribution in [0, 0.1) is 0 Å². The molecule has 5 nitrogen and oxygen atoms in total. The van der Waals surface area contributed by atoms with Crippen LogP contribution < -0.4 is 0 Å². The summed E-state index contributed by atoms with van der Waals surface area (Å²) in [6, 6.07) is 0. The van der Waals surface area contributed by atoms with E-state index in [-0.39, 0.29) is 13.2 Å². The molecule has 1 rings (SSSR count). The van der Waals surface area contributed by atoms with E-state index < -0.39 is 18.4 Å². The molecule has 0 spiro atoms. The van der Waals surface area contributed by atoms with Gasteiger partial charge in [-0.3, -0.25) is 4.57 Å². The SMILES string of the molecule is CCOP(=O)(OCC)C1(CC)CCC(C)(C)N1[O]. The number of hydrogen-bond acceptors (Lipinski definition) is 4. The van der Waals surface area contributed by atoms with Crippen LogP contribution in [-0.2, 0) is 18.8 Å². The number of hydrogen-bond donors (Lipinski definition) is 0. The summed E-state index contributed by atoms with van der Waals surface area (Å²) in [5, 5.41) is 12.5. The van der Waals surface area contributed by atoms with E-state index >= 15 is 0 Å². The highest BCUT2D eigenvalue weighted by Crippen LogP contribution is 2.68. The summed E-state index contributed by atoms with van der Waals surface area (Å²) < 4.78 is 23.8. The van der Waals surface area contributed by atoms with Crippen LogP contribution in [0.25, 0.3) is 0 Å². The van der Waals surface area contributed by atoms with E-state index in [0.29, 0.717) is 19.3 Å². The van der Waals surface area contributed by atoms with Gasteiger partial charge in [0, 0.05) is 5.54 Å². The quantitative estimate of drug-likeness (QED) is 0.697. The molecule has 107 valence electrons. The maximum atomic E-state index is 13.0. The highest BCUT2D eigenvalue weighted by atomic mass is 31.2. The van der Waals surface area contributed by atoms with Crippen molar-refractivity contribution in [1.82, 2.24) is 5.06 Å². The molecule has 0 aliphatic carbocycles. The van der Waals surface area contributed by atoms with Gasteiger partial charge in [-0.05, 0) is 47.0 Å². The smallest absolute Gasteiger partial charge is 0.308 e. The zero-order valence-electron chi connectivity index (χ0n) is 12.1. The fraction of sp³-hybridized carbons (Fsp3) is 1.00. The molecule has 1 aliphatic heterocycles. The summed E-state index contributed by atoms with van der Waals surface area (Å²) in [5.41, 5.74) is -0.514. The minimum Gasteiger partial charge on any atom is -0.308 e. The van der Waals surface area contributed by atoms with Gasteiger partial charge in [-0.25, -0.2) is 0 Å². The van der Waals surface area contributed by atoms with Gasteiger partial charge >= 0.3 is 7.60 Å². The lowest BCUT2D eigenvalue weighted by atomic mass is 10.0. The largest absolute Gasteiger partial charge is 0.353 e. The fourth-order valence-electron chi connectivity index (χ4n) is 2.65. The molecular formula is C12H25NO4P. The van der Waals surface area contributed by atoms with Crippen LogP contribution in [0.4, 0.5) is 0 Å². The van der Waals surface area contributed by atoms with E-state index in [9.17, 15) is 9.77 Å². The first-order chi connectivity index (χ1) is 8.29. The molecule has 0 N–H and O–H groups in total. The molecule has 6 heteroatoms. The van der Waals surface area contributed by atoms with Gasteiger partial charge in [-0.1, -0.05) is 6.92 Å². The summed E-state index contributed by atoms with van der Waals surface area (Å²) in [5.74, 6) is 0. The first-order valence-corrected chi connectivity index (χ1v) is 8.20. The maximum Gasteiger partial charge on any atom is 0.353 e. The summed E-state index contributed by atoms with van der Waals surface area (Å²) in [6.07, 6.45) is 1.73. The summed E-state index contributed by atoms with van der Waals surface area (Å²) >= 11 is 0. The minimum absolute atomic E-state index is 0.285. The third-order valence-corrected chi connectivity index (χ3v) is 6.68. The van der Waals surface area contributed by atoms with Crippen molar-refractivity contribution in [1.29, 1.82) is 0 Å². The third-order valence-electron chi connectivity index (χ3n) is 3.74. The average molecular weight is 278 g/mol. The van der Waals surface area contributed by atoms with Gasteiger partial charge in [-0.15, -0.1) is 10.3 Å². The van der Waals surface area contributed by atoms with Gasteiger partial charge in [-0.2, -0.15) is 0 Å². The molecule has 1 aliphatic rings. The Hall–Kier alpha value is 0.0700. The van der Waals surface area contributed by atoms with Crippen LogP contribution in [0.2, 0.25) is 0 Å². The lowest BCUT2D eigenvalue weighted by Crippen LogP contribution is -2.48. The molecule has 0 amide bonds. The molecule has 1 saturated heterocycles. The molecule has 0 aromatic rings. The second-order valence-electron chi connectivity index (χ2n) is 5.28. The van der Waals surface area contributed by atoms with Crippen LogP contribution in [0.5, 0.6) is 0 Å². The normalized spacial score (nSPS) is 28.8. The molecule has 1 fully saturated rings. The van der Waals surface area contributed by atoms with Gasteiger partial charge < -0.3 is 9.05 Å². The van der Waals surface area contributed by atoms with E-state index in [1.807, 2.05) is 20.8 Å². The van der Waals surface area contributed by atoms with E-state index in [1.54, 1.807) is 13.8 Å². The average Bonchev–Trinajstić information content (AvgIpc) is 2.53. The summed E-state index contributed by atoms with van der Waals surface area (Å²) in [4.78, 5) is 0. The Morgan fingerprint density at radius 3 is 1.89 bits per heavy atom. The molecule has 0 aromatic carbocycles. The zero-order valence-corrected chi connectivity index (χ0v) is 13.0. The highest BCUT2D eigenvalue weighted by Gasteiger charge is 2.62. The minimum atomic E-state index is -3.42. The van der Waals surface area contributed by atoms with Gasteiger partial charge in [0.1, 0.15) is 0 Å². The Morgan fingerprint density at radius 2 is 1.61 bits per heavy atom. The lowest BCUT2D eigenvalue weighted by molar-refractivity contribution is -0.236. The zero-order chi connectivity index (χ0) is 14.0. The Bertz CT molecular complexity index is 324. The molecule has 1 radical (unpaired) electrons. The topological polar surface area (TPSA) is 58.7 Å². The number of nitrogens with zero attached hydrogens (tertiary/aromatic N) is 1. The van der Waals surface area contributed by atoms with Gasteiger partial charge in [0.15, 0.2) is 5.28 Å². The van der Waals surface area contributed by atoms with E-state index in [0.717, 1.165) is 5.06 Å². The van der Waals surface area contributed by atoms with Gasteiger partial charge in [0.25, 0.3) is 0 Å². The molecule has 0 saturated carbocycles. The van der Waals surface area contributed by atoms with E-state index in [4.69, 9.17) is 9.05 Å². The predicted octanol–water partition coefficient (Wildman–Crippen LogP) is 3.58. The summed E-state index contributed by atoms with van der Waals surface area (Å²) in [7, 11) is -3.42. The van der Waals surface area contributed by atoms with Crippen molar-refractivity contribution in [2.45, 2.75) is 64.7 Å². The Morgan fingerprint density at radius 1 is 1.11 bits per heavy atom. The molecule has 1 heterocycles. The first-order valence-electron chi connectivity index (χ1n) is 6.66. The molecule has 1 atom stereocenters. The predicted molar refractivity (Wildman–Crippen MR) is 69.7 cm³/mol. The van der Waals surface area contributed by atoms with E-state index in [2.05, 4.69) is 0 Å². The maximum absolute atomic E-state index is 13.0. The molecular weight excluding hydrogens is 253 g/mol. The lowest BCUT2D eigenvalue weighted by Gasteiger charge is -2.40. The van der Waals surface area contributed by atoms with Crippen LogP contribution in [0.15, 0.2) is 0 Å². The second-order valence-corrected chi connectivity index (χ2v) is 7.62. The second kappa shape index (κ2) is 5.59. The van der Waals surface area contributed by atoms with Crippen molar-refractivity contribution in [2.24, 2.45) is 0 Å². The van der Waals surface area contributed by atoms with E-state index in [1.165, 1.54) is 0 Å². The van der Waals surface area contributed by atoms with Crippen molar-refractivity contribution >= 4 is 7.60 Å². The third kappa shape index (κ3) is 2.39. The Labute approximate surface area is 110 Å². The Balaban J connectivity index is 3.17. The first kappa shape index (κ1) is 16.1. The number of hydroxylamine groups is 2. The monoisotopic (exact) mass is 278 g/mol. The molecule has 1 unspecified atom stereocenters. The van der Waals surface area contributed by atoms with Crippen molar-refractivity contribution in [3.8, 4) is 0 Å². The van der Waals surface area contributed by atoms with Crippen molar-refractivity contribution < 1.29 is 18.8 Å². The Kier molecular flexibility index (Phi) is 5.01. The summed E-state index contributed by atoms with van der Waals surface area (Å²) in [6.45, 7) is 9.73. The van der Waals surface area contributed by atoms with Gasteiger partial charge in [0.05, 0.1) is 13.2 Å². The molecule has 18 heavy (non-hydrogen) atoms. The standard InChI is InChI=1S/C12H25NO4P/c1-6-12(10-9-11(4,5)13(12)14)18(15,16-7-2)17-8-3/h6-10H2,1-5H3. The van der Waals surface area contributed by atoms with Crippen LogP contribution >= 0.6 is 7.60 Å². The van der Waals surface area contributed by atoms with Crippen molar-refractivity contribution in [2.75, 3.05) is 13.2 Å². The highest BCUT2D eigenvalue weighted by molar-refractivity contribution is 7.55.